The zero-order valence-corrected chi connectivity index (χ0v) is 9.36. The number of hydrogen-bond donors (Lipinski definition) is 0. The van der Waals surface area contributed by atoms with Crippen molar-refractivity contribution >= 4 is 12.0 Å². The van der Waals surface area contributed by atoms with Crippen molar-refractivity contribution in [2.75, 3.05) is 11.4 Å². The second-order valence-electron chi connectivity index (χ2n) is 4.18. The Morgan fingerprint density at radius 3 is 3.00 bits per heavy atom. The maximum absolute atomic E-state index is 10.6. The highest BCUT2D eigenvalue weighted by molar-refractivity contribution is 5.63. The summed E-state index contributed by atoms with van der Waals surface area (Å²) >= 11 is 0. The van der Waals surface area contributed by atoms with E-state index in [4.69, 9.17) is 0 Å². The first-order valence-corrected chi connectivity index (χ1v) is 5.56. The second kappa shape index (κ2) is 4.05. The Bertz CT molecular complexity index is 373. The molecule has 2 heteroatoms. The Balaban J connectivity index is 2.32. The number of carbonyl (C=O) groups is 1. The van der Waals surface area contributed by atoms with Gasteiger partial charge in [-0.3, -0.25) is 0 Å². The van der Waals surface area contributed by atoms with Crippen LogP contribution in [0.15, 0.2) is 18.2 Å². The van der Waals surface area contributed by atoms with Gasteiger partial charge in [-0.25, -0.2) is 0 Å². The molecule has 2 nitrogen and oxygen atoms in total. The zero-order chi connectivity index (χ0) is 10.8. The quantitative estimate of drug-likeness (QED) is 0.703. The van der Waals surface area contributed by atoms with Gasteiger partial charge in [-0.1, -0.05) is 17.7 Å². The maximum Gasteiger partial charge on any atom is 0.122 e. The molecule has 1 heterocycles. The highest BCUT2D eigenvalue weighted by Gasteiger charge is 2.27. The van der Waals surface area contributed by atoms with E-state index in [1.165, 1.54) is 16.8 Å². The molecular weight excluding hydrogens is 186 g/mol. The summed E-state index contributed by atoms with van der Waals surface area (Å²) in [7, 11) is 0. The van der Waals surface area contributed by atoms with E-state index >= 15 is 0 Å². The molecule has 0 N–H and O–H groups in total. The molecule has 0 spiro atoms. The number of benzene rings is 1. The lowest BCUT2D eigenvalue weighted by Gasteiger charge is -2.24. The van der Waals surface area contributed by atoms with Crippen molar-refractivity contribution in [3.05, 3.63) is 29.3 Å². The smallest absolute Gasteiger partial charge is 0.122 e. The lowest BCUT2D eigenvalue weighted by atomic mass is 10.1. The third-order valence-electron chi connectivity index (χ3n) is 3.15. The minimum absolute atomic E-state index is 0.379. The lowest BCUT2D eigenvalue weighted by molar-refractivity contribution is -0.108. The molecular formula is C13H17NO. The monoisotopic (exact) mass is 203 g/mol. The molecule has 1 aromatic rings. The summed E-state index contributed by atoms with van der Waals surface area (Å²) in [5, 5.41) is 0. The molecule has 0 aromatic heterocycles. The third kappa shape index (κ3) is 1.76. The van der Waals surface area contributed by atoms with Gasteiger partial charge in [0.05, 0.1) is 0 Å². The molecule has 1 atom stereocenters. The highest BCUT2D eigenvalue weighted by Crippen LogP contribution is 2.33. The minimum Gasteiger partial charge on any atom is -0.368 e. The first-order chi connectivity index (χ1) is 7.26. The van der Waals surface area contributed by atoms with E-state index in [-0.39, 0.29) is 0 Å². The summed E-state index contributed by atoms with van der Waals surface area (Å²) in [6.45, 7) is 5.24. The maximum atomic E-state index is 10.6. The first kappa shape index (κ1) is 10.2. The molecule has 0 saturated heterocycles. The zero-order valence-electron chi connectivity index (χ0n) is 9.36. The second-order valence-corrected chi connectivity index (χ2v) is 4.18. The SMILES string of the molecule is CCN1c2ccc(C)cc2CC1CC=O. The van der Waals surface area contributed by atoms with Gasteiger partial charge in [-0.15, -0.1) is 0 Å². The molecule has 80 valence electrons. The van der Waals surface area contributed by atoms with Crippen LogP contribution in [0.25, 0.3) is 0 Å². The average molecular weight is 203 g/mol. The highest BCUT2D eigenvalue weighted by atomic mass is 16.1. The van der Waals surface area contributed by atoms with Crippen molar-refractivity contribution in [3.63, 3.8) is 0 Å². The summed E-state index contributed by atoms with van der Waals surface area (Å²) in [5.74, 6) is 0. The molecule has 0 aliphatic carbocycles. The van der Waals surface area contributed by atoms with Gasteiger partial charge >= 0.3 is 0 Å². The third-order valence-corrected chi connectivity index (χ3v) is 3.15. The van der Waals surface area contributed by atoms with Crippen molar-refractivity contribution < 1.29 is 4.79 Å². The standard InChI is InChI=1S/C13H17NO/c1-3-14-12(6-7-15)9-11-8-10(2)4-5-13(11)14/h4-5,7-8,12H,3,6,9H2,1-2H3. The fourth-order valence-electron chi connectivity index (χ4n) is 2.47. The molecule has 15 heavy (non-hydrogen) atoms. The van der Waals surface area contributed by atoms with Crippen molar-refractivity contribution in [3.8, 4) is 0 Å². The Labute approximate surface area is 90.9 Å². The van der Waals surface area contributed by atoms with Crippen LogP contribution in [0.1, 0.15) is 24.5 Å². The van der Waals surface area contributed by atoms with Crippen molar-refractivity contribution in [1.29, 1.82) is 0 Å². The van der Waals surface area contributed by atoms with E-state index in [1.54, 1.807) is 0 Å². The number of rotatable bonds is 3. The predicted molar refractivity (Wildman–Crippen MR) is 62.4 cm³/mol. The Morgan fingerprint density at radius 1 is 1.53 bits per heavy atom. The number of anilines is 1. The summed E-state index contributed by atoms with van der Waals surface area (Å²) in [4.78, 5) is 13.0. The first-order valence-electron chi connectivity index (χ1n) is 5.56. The lowest BCUT2D eigenvalue weighted by Crippen LogP contribution is -2.31. The molecule has 2 rings (SSSR count). The fraction of sp³-hybridized carbons (Fsp3) is 0.462. The number of aryl methyl sites for hydroxylation is 1. The Morgan fingerprint density at radius 2 is 2.33 bits per heavy atom. The van der Waals surface area contributed by atoms with Gasteiger partial charge < -0.3 is 9.69 Å². The van der Waals surface area contributed by atoms with Crippen LogP contribution in [0, 0.1) is 6.92 Å². The van der Waals surface area contributed by atoms with Crippen LogP contribution in [0.5, 0.6) is 0 Å². The van der Waals surface area contributed by atoms with Gasteiger partial charge in [0.15, 0.2) is 0 Å². The van der Waals surface area contributed by atoms with Crippen LogP contribution in [0.3, 0.4) is 0 Å². The molecule has 0 radical (unpaired) electrons. The van der Waals surface area contributed by atoms with Crippen LogP contribution in [0.2, 0.25) is 0 Å². The molecule has 1 aliphatic heterocycles. The molecule has 0 fully saturated rings. The summed E-state index contributed by atoms with van der Waals surface area (Å²) < 4.78 is 0. The van der Waals surface area contributed by atoms with E-state index in [9.17, 15) is 4.79 Å². The van der Waals surface area contributed by atoms with Gasteiger partial charge in [0, 0.05) is 24.7 Å². The average Bonchev–Trinajstić information content (AvgIpc) is 2.54. The largest absolute Gasteiger partial charge is 0.368 e. The van der Waals surface area contributed by atoms with Crippen LogP contribution in [-0.4, -0.2) is 18.9 Å². The van der Waals surface area contributed by atoms with Crippen LogP contribution < -0.4 is 4.90 Å². The van der Waals surface area contributed by atoms with Gasteiger partial charge in [-0.05, 0) is 31.9 Å². The number of nitrogens with zero attached hydrogens (tertiary/aromatic N) is 1. The molecule has 0 bridgehead atoms. The number of hydrogen-bond acceptors (Lipinski definition) is 2. The predicted octanol–water partition coefficient (Wildman–Crippen LogP) is 2.34. The Hall–Kier alpha value is -1.31. The van der Waals surface area contributed by atoms with E-state index in [0.29, 0.717) is 12.5 Å². The van der Waals surface area contributed by atoms with Gasteiger partial charge in [-0.2, -0.15) is 0 Å². The van der Waals surface area contributed by atoms with Crippen molar-refractivity contribution in [2.45, 2.75) is 32.7 Å². The summed E-state index contributed by atoms with van der Waals surface area (Å²) in [6, 6.07) is 6.94. The topological polar surface area (TPSA) is 20.3 Å². The van der Waals surface area contributed by atoms with E-state index in [0.717, 1.165) is 19.3 Å². The van der Waals surface area contributed by atoms with Crippen LogP contribution in [-0.2, 0) is 11.2 Å². The number of likely N-dealkylation sites (N-methyl/N-ethyl adjacent to an activating group) is 1. The molecule has 0 amide bonds. The number of carbonyl (C=O) groups excluding carboxylic acids is 1. The van der Waals surface area contributed by atoms with Crippen molar-refractivity contribution in [1.82, 2.24) is 0 Å². The van der Waals surface area contributed by atoms with Gasteiger partial charge in [0.25, 0.3) is 0 Å². The Kier molecular flexibility index (Phi) is 2.76. The van der Waals surface area contributed by atoms with Crippen molar-refractivity contribution in [2.24, 2.45) is 0 Å². The minimum atomic E-state index is 0.379. The van der Waals surface area contributed by atoms with E-state index in [2.05, 4.69) is 36.9 Å². The fourth-order valence-corrected chi connectivity index (χ4v) is 2.47. The van der Waals surface area contributed by atoms with Gasteiger partial charge in [0.1, 0.15) is 6.29 Å². The molecule has 1 aromatic carbocycles. The summed E-state index contributed by atoms with van der Waals surface area (Å²) in [6.07, 6.45) is 2.69. The van der Waals surface area contributed by atoms with Gasteiger partial charge in [0.2, 0.25) is 0 Å². The van der Waals surface area contributed by atoms with Crippen LogP contribution >= 0.6 is 0 Å². The number of aldehydes is 1. The molecule has 1 aliphatic rings. The molecule has 0 saturated carbocycles. The van der Waals surface area contributed by atoms with E-state index in [1.807, 2.05) is 0 Å². The van der Waals surface area contributed by atoms with Crippen LogP contribution in [0.4, 0.5) is 5.69 Å². The normalized spacial score (nSPS) is 19.1. The number of fused-ring (bicyclic) bond motifs is 1. The molecule has 1 unspecified atom stereocenters. The van der Waals surface area contributed by atoms with E-state index < -0.39 is 0 Å². The summed E-state index contributed by atoms with van der Waals surface area (Å²) in [5.41, 5.74) is 4.01.